The van der Waals surface area contributed by atoms with Gasteiger partial charge in [-0.1, -0.05) is 39.0 Å². The Balaban J connectivity index is 1.65. The topological polar surface area (TPSA) is 55.8 Å². The molecule has 0 saturated heterocycles. The van der Waals surface area contributed by atoms with E-state index in [1.807, 2.05) is 39.0 Å². The van der Waals surface area contributed by atoms with Crippen LogP contribution in [0, 0.1) is 11.6 Å². The normalized spacial score (nSPS) is 15.1. The van der Waals surface area contributed by atoms with Gasteiger partial charge in [0.2, 0.25) is 0 Å². The second-order valence-electron chi connectivity index (χ2n) is 10.0. The number of ether oxygens (including phenoxy) is 2. The first kappa shape index (κ1) is 24.7. The molecule has 1 unspecified atom stereocenters. The first-order chi connectivity index (χ1) is 16.6. The number of methoxy groups -OCH3 is 1. The van der Waals surface area contributed by atoms with E-state index in [0.29, 0.717) is 28.2 Å². The molecule has 1 aliphatic carbocycles. The minimum Gasteiger partial charge on any atom is -0.497 e. The maximum atomic E-state index is 15.9. The third kappa shape index (κ3) is 5.16. The van der Waals surface area contributed by atoms with Crippen LogP contribution in [0.15, 0.2) is 48.5 Å². The lowest BCUT2D eigenvalue weighted by molar-refractivity contribution is -0.137. The number of halogens is 2. The molecule has 4 rings (SSSR count). The Labute approximate surface area is 204 Å². The Morgan fingerprint density at radius 3 is 2.46 bits per heavy atom. The Bertz CT molecular complexity index is 1260. The number of aliphatic carboxylic acids is 1. The van der Waals surface area contributed by atoms with E-state index in [9.17, 15) is 14.3 Å². The highest BCUT2D eigenvalue weighted by atomic mass is 19.1. The van der Waals surface area contributed by atoms with Gasteiger partial charge in [-0.3, -0.25) is 4.79 Å². The molecule has 184 valence electrons. The molecule has 3 aromatic rings. The highest BCUT2D eigenvalue weighted by molar-refractivity contribution is 5.71. The Morgan fingerprint density at radius 1 is 1.03 bits per heavy atom. The molecule has 0 radical (unpaired) electrons. The molecule has 6 heteroatoms. The Hall–Kier alpha value is -3.41. The highest BCUT2D eigenvalue weighted by Crippen LogP contribution is 2.40. The van der Waals surface area contributed by atoms with Crippen molar-refractivity contribution in [2.75, 3.05) is 7.11 Å². The van der Waals surface area contributed by atoms with Crippen LogP contribution in [0.25, 0.3) is 11.1 Å². The van der Waals surface area contributed by atoms with Crippen molar-refractivity contribution in [2.24, 2.45) is 0 Å². The van der Waals surface area contributed by atoms with E-state index in [-0.39, 0.29) is 24.5 Å². The van der Waals surface area contributed by atoms with Crippen molar-refractivity contribution in [3.8, 4) is 22.6 Å². The summed E-state index contributed by atoms with van der Waals surface area (Å²) in [7, 11) is 1.51. The smallest absolute Gasteiger partial charge is 0.303 e. The highest BCUT2D eigenvalue weighted by Gasteiger charge is 2.28. The van der Waals surface area contributed by atoms with Crippen molar-refractivity contribution in [3.63, 3.8) is 0 Å². The molecule has 0 bridgehead atoms. The van der Waals surface area contributed by atoms with Crippen LogP contribution in [-0.2, 0) is 23.2 Å². The molecular formula is C29H30F2O4. The molecule has 1 N–H and O–H groups in total. The van der Waals surface area contributed by atoms with Gasteiger partial charge < -0.3 is 14.6 Å². The van der Waals surface area contributed by atoms with Gasteiger partial charge in [-0.25, -0.2) is 8.78 Å². The molecule has 0 amide bonds. The average molecular weight is 481 g/mol. The zero-order valence-electron chi connectivity index (χ0n) is 20.5. The third-order valence-electron chi connectivity index (χ3n) is 6.57. The van der Waals surface area contributed by atoms with Crippen LogP contribution < -0.4 is 9.47 Å². The van der Waals surface area contributed by atoms with E-state index < -0.39 is 23.0 Å². The molecule has 0 spiro atoms. The van der Waals surface area contributed by atoms with Crippen molar-refractivity contribution in [1.29, 1.82) is 0 Å². The quantitative estimate of drug-likeness (QED) is 0.395. The fraction of sp³-hybridized carbons (Fsp3) is 0.345. The van der Waals surface area contributed by atoms with E-state index in [4.69, 9.17) is 9.47 Å². The molecule has 35 heavy (non-hydrogen) atoms. The van der Waals surface area contributed by atoms with Gasteiger partial charge in [-0.05, 0) is 71.2 Å². The standard InChI is InChI=1S/C29H30F2O4/c1-29(2,3)27-22(24-14-20(34-4)10-12-25(24)30)11-8-19(28(27)31)16-35-21-9-7-17-5-6-18(13-26(32)33)23(17)15-21/h7-12,14-15,18H,5-6,13,16H2,1-4H3,(H,32,33). The Kier molecular flexibility index (Phi) is 6.84. The molecule has 0 saturated carbocycles. The summed E-state index contributed by atoms with van der Waals surface area (Å²) in [5.41, 5.74) is 3.06. The number of hydrogen-bond acceptors (Lipinski definition) is 3. The molecule has 3 aromatic carbocycles. The zero-order valence-corrected chi connectivity index (χ0v) is 20.5. The van der Waals surface area contributed by atoms with Gasteiger partial charge in [0.15, 0.2) is 0 Å². The largest absolute Gasteiger partial charge is 0.497 e. The van der Waals surface area contributed by atoms with Crippen LogP contribution in [0.1, 0.15) is 61.8 Å². The van der Waals surface area contributed by atoms with E-state index >= 15 is 4.39 Å². The monoisotopic (exact) mass is 480 g/mol. The van der Waals surface area contributed by atoms with Gasteiger partial charge in [0.1, 0.15) is 29.7 Å². The number of benzene rings is 3. The van der Waals surface area contributed by atoms with Crippen LogP contribution in [0.4, 0.5) is 8.78 Å². The fourth-order valence-corrected chi connectivity index (χ4v) is 4.87. The van der Waals surface area contributed by atoms with Gasteiger partial charge in [0, 0.05) is 16.7 Å². The van der Waals surface area contributed by atoms with Crippen molar-refractivity contribution < 1.29 is 28.2 Å². The molecular weight excluding hydrogens is 450 g/mol. The van der Waals surface area contributed by atoms with Crippen molar-refractivity contribution in [2.45, 2.75) is 58.0 Å². The summed E-state index contributed by atoms with van der Waals surface area (Å²) in [6, 6.07) is 13.5. The molecule has 0 aromatic heterocycles. The number of fused-ring (bicyclic) bond motifs is 1. The van der Waals surface area contributed by atoms with Crippen molar-refractivity contribution in [1.82, 2.24) is 0 Å². The fourth-order valence-electron chi connectivity index (χ4n) is 4.87. The second kappa shape index (κ2) is 9.68. The molecule has 0 aliphatic heterocycles. The summed E-state index contributed by atoms with van der Waals surface area (Å²) in [6.07, 6.45) is 1.73. The van der Waals surface area contributed by atoms with Crippen LogP contribution in [0.2, 0.25) is 0 Å². The molecule has 1 atom stereocenters. The lowest BCUT2D eigenvalue weighted by Gasteiger charge is -2.25. The average Bonchev–Trinajstić information content (AvgIpc) is 3.19. The summed E-state index contributed by atoms with van der Waals surface area (Å²) in [6.45, 7) is 5.67. The van der Waals surface area contributed by atoms with Gasteiger partial charge >= 0.3 is 5.97 Å². The van der Waals surface area contributed by atoms with Crippen molar-refractivity contribution >= 4 is 5.97 Å². The molecule has 0 heterocycles. The summed E-state index contributed by atoms with van der Waals surface area (Å²) in [4.78, 5) is 11.2. The number of carboxylic acids is 1. The minimum atomic E-state index is -0.821. The minimum absolute atomic E-state index is 0.00182. The van der Waals surface area contributed by atoms with Crippen molar-refractivity contribution in [3.05, 3.63) is 82.4 Å². The molecule has 4 nitrogen and oxygen atoms in total. The van der Waals surface area contributed by atoms with E-state index in [2.05, 4.69) is 0 Å². The predicted octanol–water partition coefficient (Wildman–Crippen LogP) is 7.02. The van der Waals surface area contributed by atoms with Gasteiger partial charge in [0.05, 0.1) is 13.5 Å². The van der Waals surface area contributed by atoms with Gasteiger partial charge in [-0.2, -0.15) is 0 Å². The molecule has 0 fully saturated rings. The van der Waals surface area contributed by atoms with E-state index in [0.717, 1.165) is 24.0 Å². The number of carboxylic acid groups (broad SMARTS) is 1. The Morgan fingerprint density at radius 2 is 1.77 bits per heavy atom. The number of aryl methyl sites for hydroxylation is 1. The number of hydrogen-bond donors (Lipinski definition) is 1. The number of rotatable bonds is 7. The SMILES string of the molecule is COc1ccc(F)c(-c2ccc(COc3ccc4c(c3)C(CC(=O)O)CC4)c(F)c2C(C)(C)C)c1. The predicted molar refractivity (Wildman–Crippen MR) is 131 cm³/mol. The van der Waals surface area contributed by atoms with Crippen LogP contribution >= 0.6 is 0 Å². The van der Waals surface area contributed by atoms with Gasteiger partial charge in [-0.15, -0.1) is 0 Å². The van der Waals surface area contributed by atoms with E-state index in [1.165, 1.54) is 19.2 Å². The lowest BCUT2D eigenvalue weighted by Crippen LogP contribution is -2.17. The maximum Gasteiger partial charge on any atom is 0.303 e. The van der Waals surface area contributed by atoms with Crippen LogP contribution in [0.5, 0.6) is 11.5 Å². The summed E-state index contributed by atoms with van der Waals surface area (Å²) in [5.74, 6) is -0.672. The summed E-state index contributed by atoms with van der Waals surface area (Å²) >= 11 is 0. The van der Waals surface area contributed by atoms with Crippen LogP contribution in [-0.4, -0.2) is 18.2 Å². The van der Waals surface area contributed by atoms with Crippen LogP contribution in [0.3, 0.4) is 0 Å². The first-order valence-electron chi connectivity index (χ1n) is 11.7. The van der Waals surface area contributed by atoms with E-state index in [1.54, 1.807) is 18.2 Å². The number of carbonyl (C=O) groups is 1. The first-order valence-corrected chi connectivity index (χ1v) is 11.7. The van der Waals surface area contributed by atoms with Gasteiger partial charge in [0.25, 0.3) is 0 Å². The summed E-state index contributed by atoms with van der Waals surface area (Å²) in [5, 5.41) is 9.19. The third-order valence-corrected chi connectivity index (χ3v) is 6.57. The second-order valence-corrected chi connectivity index (χ2v) is 10.0. The summed E-state index contributed by atoms with van der Waals surface area (Å²) < 4.78 is 41.8. The lowest BCUT2D eigenvalue weighted by atomic mass is 9.80. The molecule has 1 aliphatic rings. The maximum absolute atomic E-state index is 15.9. The zero-order chi connectivity index (χ0) is 25.3.